The van der Waals surface area contributed by atoms with Crippen LogP contribution in [0, 0.1) is 0 Å². The molecule has 0 radical (unpaired) electrons. The van der Waals surface area contributed by atoms with Crippen LogP contribution in [0.2, 0.25) is 0 Å². The average molecular weight is 391 g/mol. The van der Waals surface area contributed by atoms with Gasteiger partial charge in [0.1, 0.15) is 0 Å². The van der Waals surface area contributed by atoms with Crippen LogP contribution in [0.1, 0.15) is 17.8 Å². The van der Waals surface area contributed by atoms with E-state index >= 15 is 0 Å². The Hall–Kier alpha value is -3.23. The maximum Gasteiger partial charge on any atom is 0.449 e. The third-order valence-electron chi connectivity index (χ3n) is 4.21. The zero-order valence-corrected chi connectivity index (χ0v) is 14.6. The second-order valence-corrected chi connectivity index (χ2v) is 6.37. The first kappa shape index (κ1) is 18.1. The molecule has 0 saturated carbocycles. The molecular formula is C19H16F3N3O3. The monoisotopic (exact) mass is 391 g/mol. The highest BCUT2D eigenvalue weighted by Gasteiger charge is 2.34. The van der Waals surface area contributed by atoms with E-state index in [0.29, 0.717) is 30.4 Å². The summed E-state index contributed by atoms with van der Waals surface area (Å²) in [5.74, 6) is -0.129. The van der Waals surface area contributed by atoms with Crippen molar-refractivity contribution in [2.24, 2.45) is 0 Å². The lowest BCUT2D eigenvalue weighted by Crippen LogP contribution is -2.14. The number of amides is 1. The molecule has 2 N–H and O–H groups in total. The number of hydrogen-bond acceptors (Lipinski definition) is 4. The number of anilines is 1. The van der Waals surface area contributed by atoms with Crippen molar-refractivity contribution in [3.8, 4) is 11.5 Å². The normalized spacial score (nSPS) is 14.0. The van der Waals surface area contributed by atoms with Gasteiger partial charge in [-0.25, -0.2) is 4.98 Å². The lowest BCUT2D eigenvalue weighted by molar-refractivity contribution is -0.144. The number of aromatic amines is 1. The maximum absolute atomic E-state index is 12.7. The standard InChI is InChI=1S/C19H16F3N3O3/c20-19(21,22)18-24-13-4-3-12(10-14(13)25-18)23-17(26)9-11-2-5-15-16(8-11)28-7-1-6-27-15/h2-5,8,10H,1,6-7,9H2,(H,23,26)(H,24,25). The number of hydrogen-bond donors (Lipinski definition) is 2. The third kappa shape index (κ3) is 3.88. The first-order valence-corrected chi connectivity index (χ1v) is 8.64. The summed E-state index contributed by atoms with van der Waals surface area (Å²) in [6.07, 6.45) is -3.68. The number of H-pyrrole nitrogens is 1. The van der Waals surface area contributed by atoms with E-state index in [-0.39, 0.29) is 23.4 Å². The van der Waals surface area contributed by atoms with Crippen molar-refractivity contribution in [3.05, 3.63) is 47.8 Å². The van der Waals surface area contributed by atoms with Gasteiger partial charge >= 0.3 is 6.18 Å². The number of carbonyl (C=O) groups is 1. The molecule has 146 valence electrons. The fourth-order valence-corrected chi connectivity index (χ4v) is 2.93. The van der Waals surface area contributed by atoms with Gasteiger partial charge in [0.05, 0.1) is 30.7 Å². The van der Waals surface area contributed by atoms with E-state index in [1.54, 1.807) is 18.2 Å². The van der Waals surface area contributed by atoms with Gasteiger partial charge in [-0.3, -0.25) is 4.79 Å². The minimum Gasteiger partial charge on any atom is -0.490 e. The van der Waals surface area contributed by atoms with Crippen molar-refractivity contribution in [3.63, 3.8) is 0 Å². The van der Waals surface area contributed by atoms with E-state index in [0.717, 1.165) is 12.0 Å². The molecule has 0 spiro atoms. The molecule has 1 amide bonds. The van der Waals surface area contributed by atoms with Gasteiger partial charge < -0.3 is 19.8 Å². The van der Waals surface area contributed by atoms with Crippen LogP contribution in [0.3, 0.4) is 0 Å². The van der Waals surface area contributed by atoms with Gasteiger partial charge in [0.15, 0.2) is 11.5 Å². The van der Waals surface area contributed by atoms with Crippen molar-refractivity contribution in [2.45, 2.75) is 19.0 Å². The summed E-state index contributed by atoms with van der Waals surface area (Å²) in [4.78, 5) is 18.1. The number of imidazole rings is 1. The van der Waals surface area contributed by atoms with E-state index in [2.05, 4.69) is 15.3 Å². The van der Waals surface area contributed by atoms with Crippen LogP contribution >= 0.6 is 0 Å². The summed E-state index contributed by atoms with van der Waals surface area (Å²) in [5.41, 5.74) is 1.49. The van der Waals surface area contributed by atoms with Crippen LogP contribution in [0.5, 0.6) is 11.5 Å². The van der Waals surface area contributed by atoms with Gasteiger partial charge in [0.2, 0.25) is 11.7 Å². The topological polar surface area (TPSA) is 76.2 Å². The van der Waals surface area contributed by atoms with E-state index in [1.807, 2.05) is 0 Å². The molecule has 0 unspecified atom stereocenters. The lowest BCUT2D eigenvalue weighted by Gasteiger charge is -2.10. The fraction of sp³-hybridized carbons (Fsp3) is 0.263. The first-order valence-electron chi connectivity index (χ1n) is 8.64. The Labute approximate surface area is 157 Å². The van der Waals surface area contributed by atoms with Gasteiger partial charge in [-0.15, -0.1) is 0 Å². The third-order valence-corrected chi connectivity index (χ3v) is 4.21. The van der Waals surface area contributed by atoms with Crippen LogP contribution in [0.4, 0.5) is 18.9 Å². The van der Waals surface area contributed by atoms with Crippen molar-refractivity contribution in [1.29, 1.82) is 0 Å². The van der Waals surface area contributed by atoms with Crippen LogP contribution in [0.25, 0.3) is 11.0 Å². The van der Waals surface area contributed by atoms with Crippen molar-refractivity contribution in [2.75, 3.05) is 18.5 Å². The van der Waals surface area contributed by atoms with Gasteiger partial charge in [-0.1, -0.05) is 6.07 Å². The molecule has 1 aromatic heterocycles. The molecule has 0 bridgehead atoms. The number of aromatic nitrogens is 2. The Morgan fingerprint density at radius 3 is 2.68 bits per heavy atom. The molecular weight excluding hydrogens is 375 g/mol. The zero-order chi connectivity index (χ0) is 19.7. The van der Waals surface area contributed by atoms with Crippen LogP contribution in [0.15, 0.2) is 36.4 Å². The van der Waals surface area contributed by atoms with E-state index < -0.39 is 12.0 Å². The number of carbonyl (C=O) groups excluding carboxylic acids is 1. The zero-order valence-electron chi connectivity index (χ0n) is 14.6. The molecule has 9 heteroatoms. The molecule has 2 aromatic carbocycles. The van der Waals surface area contributed by atoms with Gasteiger partial charge in [-0.2, -0.15) is 13.2 Å². The molecule has 0 aliphatic carbocycles. The molecule has 6 nitrogen and oxygen atoms in total. The lowest BCUT2D eigenvalue weighted by atomic mass is 10.1. The smallest absolute Gasteiger partial charge is 0.449 e. The van der Waals surface area contributed by atoms with Crippen molar-refractivity contribution in [1.82, 2.24) is 9.97 Å². The predicted octanol–water partition coefficient (Wildman–Crippen LogP) is 3.92. The number of alkyl halides is 3. The summed E-state index contributed by atoms with van der Waals surface area (Å²) in [7, 11) is 0. The largest absolute Gasteiger partial charge is 0.490 e. The molecule has 0 fully saturated rings. The van der Waals surface area contributed by atoms with Gasteiger partial charge in [0, 0.05) is 12.1 Å². The van der Waals surface area contributed by atoms with Crippen molar-refractivity contribution >= 4 is 22.6 Å². The number of rotatable bonds is 3. The number of fused-ring (bicyclic) bond motifs is 2. The van der Waals surface area contributed by atoms with Crippen molar-refractivity contribution < 1.29 is 27.4 Å². The summed E-state index contributed by atoms with van der Waals surface area (Å²) >= 11 is 0. The highest BCUT2D eigenvalue weighted by Crippen LogP contribution is 2.31. The molecule has 0 atom stereocenters. The number of nitrogens with zero attached hydrogens (tertiary/aromatic N) is 1. The molecule has 1 aliphatic rings. The Morgan fingerprint density at radius 1 is 1.11 bits per heavy atom. The fourth-order valence-electron chi connectivity index (χ4n) is 2.93. The predicted molar refractivity (Wildman–Crippen MR) is 95.5 cm³/mol. The number of halogens is 3. The van der Waals surface area contributed by atoms with E-state index in [4.69, 9.17) is 9.47 Å². The minimum atomic E-state index is -4.56. The Kier molecular flexibility index (Phi) is 4.58. The minimum absolute atomic E-state index is 0.0887. The van der Waals surface area contributed by atoms with Gasteiger partial charge in [0.25, 0.3) is 0 Å². The summed E-state index contributed by atoms with van der Waals surface area (Å²) in [5, 5.41) is 2.68. The Balaban J connectivity index is 1.47. The second kappa shape index (κ2) is 7.06. The molecule has 4 rings (SSSR count). The summed E-state index contributed by atoms with van der Waals surface area (Å²) in [6, 6.07) is 9.65. The SMILES string of the molecule is O=C(Cc1ccc2c(c1)OCCCO2)Nc1ccc2nc(C(F)(F)F)[nH]c2c1. The molecule has 0 saturated heterocycles. The molecule has 1 aliphatic heterocycles. The highest BCUT2D eigenvalue weighted by molar-refractivity contribution is 5.94. The van der Waals surface area contributed by atoms with Crippen LogP contribution < -0.4 is 14.8 Å². The van der Waals surface area contributed by atoms with Crippen LogP contribution in [-0.4, -0.2) is 29.1 Å². The Morgan fingerprint density at radius 2 is 1.89 bits per heavy atom. The van der Waals surface area contributed by atoms with E-state index in [9.17, 15) is 18.0 Å². The number of nitrogens with one attached hydrogen (secondary N) is 2. The quantitative estimate of drug-likeness (QED) is 0.710. The molecule has 3 aromatic rings. The number of benzene rings is 2. The highest BCUT2D eigenvalue weighted by atomic mass is 19.4. The second-order valence-electron chi connectivity index (χ2n) is 6.37. The van der Waals surface area contributed by atoms with Gasteiger partial charge in [-0.05, 0) is 35.9 Å². The molecule has 28 heavy (non-hydrogen) atoms. The average Bonchev–Trinajstić information content (AvgIpc) is 2.93. The van der Waals surface area contributed by atoms with E-state index in [1.165, 1.54) is 18.2 Å². The first-order chi connectivity index (χ1) is 13.4. The number of ether oxygens (including phenoxy) is 2. The maximum atomic E-state index is 12.7. The Bertz CT molecular complexity index is 1030. The summed E-state index contributed by atoms with van der Waals surface area (Å²) in [6.45, 7) is 1.13. The van der Waals surface area contributed by atoms with Crippen LogP contribution in [-0.2, 0) is 17.4 Å². The molecule has 2 heterocycles. The summed E-state index contributed by atoms with van der Waals surface area (Å²) < 4.78 is 49.4.